The van der Waals surface area contributed by atoms with Gasteiger partial charge in [-0.15, -0.1) is 0 Å². The molecular formula is C9H21NO. The van der Waals surface area contributed by atoms with Gasteiger partial charge in [0.05, 0.1) is 6.04 Å². The van der Waals surface area contributed by atoms with Crippen LogP contribution in [0.1, 0.15) is 34.6 Å². The molecule has 1 atom stereocenters. The van der Waals surface area contributed by atoms with E-state index in [1.54, 1.807) is 6.92 Å². The molecule has 0 heterocycles. The van der Waals surface area contributed by atoms with Crippen LogP contribution in [-0.2, 0) is 4.79 Å². The van der Waals surface area contributed by atoms with Crippen LogP contribution in [-0.4, -0.2) is 30.3 Å². The molecule has 0 fully saturated rings. The van der Waals surface area contributed by atoms with E-state index in [-0.39, 0.29) is 11.8 Å². The highest BCUT2D eigenvalue weighted by Crippen LogP contribution is 1.94. The van der Waals surface area contributed by atoms with Crippen molar-refractivity contribution in [1.82, 2.24) is 4.90 Å². The van der Waals surface area contributed by atoms with Gasteiger partial charge < -0.3 is 0 Å². The van der Waals surface area contributed by atoms with Crippen molar-refractivity contribution in [3.8, 4) is 0 Å². The third-order valence-corrected chi connectivity index (χ3v) is 1.75. The number of ketones is 1. The van der Waals surface area contributed by atoms with Crippen LogP contribution in [0.2, 0.25) is 0 Å². The number of carbonyl (C=O) groups excluding carboxylic acids is 1. The fourth-order valence-electron chi connectivity index (χ4n) is 0.584. The molecule has 0 rings (SSSR count). The summed E-state index contributed by atoms with van der Waals surface area (Å²) in [4.78, 5) is 12.7. The molecule has 0 unspecified atom stereocenters. The highest BCUT2D eigenvalue weighted by Gasteiger charge is 2.10. The van der Waals surface area contributed by atoms with Crippen molar-refractivity contribution >= 4 is 5.78 Å². The zero-order valence-corrected chi connectivity index (χ0v) is 8.64. The maximum Gasteiger partial charge on any atom is 0.146 e. The molecule has 0 aliphatic rings. The van der Waals surface area contributed by atoms with Crippen LogP contribution in [0.4, 0.5) is 0 Å². The molecule has 0 aromatic heterocycles. The highest BCUT2D eigenvalue weighted by molar-refractivity contribution is 5.80. The van der Waals surface area contributed by atoms with Gasteiger partial charge in [0.25, 0.3) is 0 Å². The topological polar surface area (TPSA) is 20.3 Å². The maximum atomic E-state index is 10.7. The molecule has 11 heavy (non-hydrogen) atoms. The second-order valence-corrected chi connectivity index (χ2v) is 2.36. The molecule has 2 nitrogen and oxygen atoms in total. The summed E-state index contributed by atoms with van der Waals surface area (Å²) in [5.41, 5.74) is 0. The van der Waals surface area contributed by atoms with Crippen LogP contribution in [0.5, 0.6) is 0 Å². The largest absolute Gasteiger partial charge is 0.298 e. The van der Waals surface area contributed by atoms with E-state index in [9.17, 15) is 4.79 Å². The molecule has 0 spiro atoms. The van der Waals surface area contributed by atoms with Crippen molar-refractivity contribution in [3.63, 3.8) is 0 Å². The third-order valence-electron chi connectivity index (χ3n) is 1.75. The van der Waals surface area contributed by atoms with Crippen LogP contribution in [0.3, 0.4) is 0 Å². The molecule has 0 aliphatic heterocycles. The van der Waals surface area contributed by atoms with Crippen molar-refractivity contribution < 1.29 is 4.79 Å². The zero-order chi connectivity index (χ0) is 9.44. The lowest BCUT2D eigenvalue weighted by atomic mass is 10.2. The number of hydrogen-bond acceptors (Lipinski definition) is 2. The normalized spacial score (nSPS) is 11.9. The smallest absolute Gasteiger partial charge is 0.146 e. The monoisotopic (exact) mass is 159 g/mol. The molecule has 0 aliphatic carbocycles. The number of Topliss-reactive ketones (excluding diaryl/α,β-unsaturated/α-hetero) is 1. The summed E-state index contributed by atoms with van der Waals surface area (Å²) >= 11 is 0. The Kier molecular flexibility index (Phi) is 9.31. The number of rotatable bonds is 3. The van der Waals surface area contributed by atoms with E-state index in [1.165, 1.54) is 0 Å². The van der Waals surface area contributed by atoms with Gasteiger partial charge in [-0.05, 0) is 27.4 Å². The van der Waals surface area contributed by atoms with Gasteiger partial charge in [0.15, 0.2) is 0 Å². The van der Waals surface area contributed by atoms with Gasteiger partial charge in [0.2, 0.25) is 0 Å². The average Bonchev–Trinajstić information content (AvgIpc) is 2.05. The standard InChI is InChI=1S/C7H15NO.C2H6/c1-5-8(4)6(2)7(3)9;1-2/h6H,5H2,1-4H3;1-2H3/t6-;/m1./s1. The summed E-state index contributed by atoms with van der Waals surface area (Å²) in [5, 5.41) is 0. The summed E-state index contributed by atoms with van der Waals surface area (Å²) in [5.74, 6) is 0.236. The van der Waals surface area contributed by atoms with E-state index in [4.69, 9.17) is 0 Å². The Morgan fingerprint density at radius 3 is 1.91 bits per heavy atom. The first-order chi connectivity index (χ1) is 5.09. The van der Waals surface area contributed by atoms with Gasteiger partial charge in [-0.2, -0.15) is 0 Å². The van der Waals surface area contributed by atoms with Gasteiger partial charge in [-0.25, -0.2) is 0 Å². The first kappa shape index (κ1) is 13.2. The van der Waals surface area contributed by atoms with Crippen LogP contribution < -0.4 is 0 Å². The molecule has 2 heteroatoms. The molecule has 0 saturated heterocycles. The van der Waals surface area contributed by atoms with Gasteiger partial charge in [0, 0.05) is 0 Å². The Hall–Kier alpha value is -0.370. The number of hydrogen-bond donors (Lipinski definition) is 0. The minimum absolute atomic E-state index is 0.0787. The van der Waals surface area contributed by atoms with Gasteiger partial charge in [0.1, 0.15) is 5.78 Å². The number of nitrogens with zero attached hydrogens (tertiary/aromatic N) is 1. The summed E-state index contributed by atoms with van der Waals surface area (Å²) in [6, 6.07) is 0.0787. The lowest BCUT2D eigenvalue weighted by Crippen LogP contribution is -2.34. The minimum Gasteiger partial charge on any atom is -0.298 e. The third kappa shape index (κ3) is 6.05. The van der Waals surface area contributed by atoms with Crippen molar-refractivity contribution in [2.24, 2.45) is 0 Å². The zero-order valence-electron chi connectivity index (χ0n) is 8.64. The molecule has 0 amide bonds. The molecule has 0 aromatic carbocycles. The predicted octanol–water partition coefficient (Wildman–Crippen LogP) is 1.94. The lowest BCUT2D eigenvalue weighted by Gasteiger charge is -2.19. The van der Waals surface area contributed by atoms with Crippen LogP contribution in [0.25, 0.3) is 0 Å². The fourth-order valence-corrected chi connectivity index (χ4v) is 0.584. The first-order valence-corrected chi connectivity index (χ1v) is 4.30. The fraction of sp³-hybridized carbons (Fsp3) is 0.889. The first-order valence-electron chi connectivity index (χ1n) is 4.30. The van der Waals surface area contributed by atoms with E-state index in [2.05, 4.69) is 0 Å². The summed E-state index contributed by atoms with van der Waals surface area (Å²) < 4.78 is 0. The van der Waals surface area contributed by atoms with E-state index in [1.807, 2.05) is 39.6 Å². The minimum atomic E-state index is 0.0787. The van der Waals surface area contributed by atoms with Gasteiger partial charge in [-0.3, -0.25) is 9.69 Å². The number of likely N-dealkylation sites (N-methyl/N-ethyl adjacent to an activating group) is 1. The molecule has 0 N–H and O–H groups in total. The second kappa shape index (κ2) is 7.73. The number of carbonyl (C=O) groups is 1. The Labute approximate surface area is 70.6 Å². The van der Waals surface area contributed by atoms with E-state index < -0.39 is 0 Å². The van der Waals surface area contributed by atoms with E-state index in [0.717, 1.165) is 6.54 Å². The van der Waals surface area contributed by atoms with Crippen molar-refractivity contribution in [2.45, 2.75) is 40.7 Å². The Morgan fingerprint density at radius 1 is 1.45 bits per heavy atom. The highest BCUT2D eigenvalue weighted by atomic mass is 16.1. The van der Waals surface area contributed by atoms with Crippen LogP contribution >= 0.6 is 0 Å². The molecular weight excluding hydrogens is 138 g/mol. The summed E-state index contributed by atoms with van der Waals surface area (Å²) in [6.07, 6.45) is 0. The Morgan fingerprint density at radius 2 is 1.82 bits per heavy atom. The van der Waals surface area contributed by atoms with Gasteiger partial charge in [-0.1, -0.05) is 20.8 Å². The second-order valence-electron chi connectivity index (χ2n) is 2.36. The van der Waals surface area contributed by atoms with E-state index >= 15 is 0 Å². The van der Waals surface area contributed by atoms with Crippen LogP contribution in [0, 0.1) is 0 Å². The van der Waals surface area contributed by atoms with Crippen LogP contribution in [0.15, 0.2) is 0 Å². The Bertz CT molecular complexity index is 102. The Balaban J connectivity index is 0. The van der Waals surface area contributed by atoms with Crippen molar-refractivity contribution in [1.29, 1.82) is 0 Å². The van der Waals surface area contributed by atoms with Crippen molar-refractivity contribution in [3.05, 3.63) is 0 Å². The average molecular weight is 159 g/mol. The molecule has 68 valence electrons. The summed E-state index contributed by atoms with van der Waals surface area (Å²) in [7, 11) is 1.95. The predicted molar refractivity (Wildman–Crippen MR) is 49.8 cm³/mol. The molecule has 0 saturated carbocycles. The quantitative estimate of drug-likeness (QED) is 0.627. The maximum absolute atomic E-state index is 10.7. The summed E-state index contributed by atoms with van der Waals surface area (Å²) in [6.45, 7) is 10.5. The lowest BCUT2D eigenvalue weighted by molar-refractivity contribution is -0.121. The molecule has 0 bridgehead atoms. The van der Waals surface area contributed by atoms with Gasteiger partial charge >= 0.3 is 0 Å². The van der Waals surface area contributed by atoms with E-state index in [0.29, 0.717) is 0 Å². The SMILES string of the molecule is CC.CCN(C)[C@H](C)C(C)=O. The molecule has 0 radical (unpaired) electrons. The van der Waals surface area contributed by atoms with Crippen molar-refractivity contribution in [2.75, 3.05) is 13.6 Å². The molecule has 0 aromatic rings.